The third-order valence-electron chi connectivity index (χ3n) is 16.2. The molecule has 2 fully saturated rings. The van der Waals surface area contributed by atoms with E-state index in [0.29, 0.717) is 106 Å². The molecule has 30 nitrogen and oxygen atoms in total. The molecule has 5 N–H and O–H groups in total. The summed E-state index contributed by atoms with van der Waals surface area (Å²) in [4.78, 5) is 91.9. The number of anilines is 8. The van der Waals surface area contributed by atoms with E-state index in [-0.39, 0.29) is 73.4 Å². The second kappa shape index (κ2) is 29.8. The van der Waals surface area contributed by atoms with Gasteiger partial charge in [0.15, 0.2) is 5.16 Å². The largest absolute Gasteiger partial charge is 0.396 e. The molecule has 0 bridgehead atoms. The molecule has 4 aliphatic heterocycles. The third kappa shape index (κ3) is 14.9. The molecule has 0 aliphatic carbocycles. The van der Waals surface area contributed by atoms with Gasteiger partial charge in [-0.05, 0) is 151 Å². The minimum Gasteiger partial charge on any atom is -0.396 e. The maximum atomic E-state index is 13.8. The summed E-state index contributed by atoms with van der Waals surface area (Å²) in [5, 5.41) is 46.4. The van der Waals surface area contributed by atoms with E-state index in [9.17, 15) is 55.5 Å². The number of rotatable bonds is 25. The van der Waals surface area contributed by atoms with Gasteiger partial charge in [0.25, 0.3) is 32.1 Å². The third-order valence-corrected chi connectivity index (χ3v) is 20.5. The van der Waals surface area contributed by atoms with Crippen LogP contribution in [-0.4, -0.2) is 154 Å². The van der Waals surface area contributed by atoms with Gasteiger partial charge in [0.05, 0.1) is 59.8 Å². The molecular weight excluding hydrogens is 1360 g/mol. The van der Waals surface area contributed by atoms with E-state index < -0.39 is 53.7 Å². The Hall–Kier alpha value is -9.98. The summed E-state index contributed by atoms with van der Waals surface area (Å²) in [6.07, 6.45) is 8.10. The number of thiazole rings is 2. The van der Waals surface area contributed by atoms with Crippen molar-refractivity contribution < 1.29 is 50.2 Å². The molecule has 0 unspecified atom stereocenters. The van der Waals surface area contributed by atoms with Gasteiger partial charge in [0.1, 0.15) is 34.8 Å². The quantitative estimate of drug-likeness (QED) is 0.00886. The van der Waals surface area contributed by atoms with Gasteiger partial charge >= 0.3 is 11.8 Å². The van der Waals surface area contributed by atoms with Gasteiger partial charge in [0, 0.05) is 69.5 Å². The number of benzene rings is 4. The second-order valence-electron chi connectivity index (χ2n) is 22.2. The number of allylic oxidation sites excluding steroid dienone is 1. The fraction of sp³-hybridized carbons (Fsp3) is 0.317. The highest BCUT2D eigenvalue weighted by molar-refractivity contribution is 7.99. The Morgan fingerprint density at radius 3 is 1.48 bits per heavy atom. The number of nitriles is 1. The zero-order chi connectivity index (χ0) is 69.6. The number of nitrogens with one attached hydrogen (secondary N) is 2. The number of imide groups is 2. The summed E-state index contributed by atoms with van der Waals surface area (Å²) < 4.78 is 67.2. The van der Waals surface area contributed by atoms with Crippen LogP contribution in [0, 0.1) is 17.9 Å². The van der Waals surface area contributed by atoms with E-state index in [4.69, 9.17) is 41.7 Å². The zero-order valence-electron chi connectivity index (χ0n) is 53.1. The Labute approximate surface area is 575 Å². The summed E-state index contributed by atoms with van der Waals surface area (Å²) in [7, 11) is -9.45. The van der Waals surface area contributed by atoms with Crippen molar-refractivity contribution in [2.24, 2.45) is 20.5 Å². The number of nitrogens with zero attached hydrogens (tertiary/aromatic N) is 17. The van der Waals surface area contributed by atoms with E-state index in [2.05, 4.69) is 35.5 Å². The lowest BCUT2D eigenvalue weighted by molar-refractivity contribution is 0.0695. The van der Waals surface area contributed by atoms with Crippen LogP contribution in [0.5, 0.6) is 0 Å². The molecule has 0 saturated carbocycles. The highest BCUT2D eigenvalue weighted by Gasteiger charge is 2.44. The van der Waals surface area contributed by atoms with Crippen molar-refractivity contribution in [3.8, 4) is 6.07 Å². The average Bonchev–Trinajstić information content (AvgIpc) is 1.61. The minimum absolute atomic E-state index is 0.0658. The number of carbonyl (C=O) groups excluding carboxylic acids is 4. The lowest BCUT2D eigenvalue weighted by Crippen LogP contribution is -2.30. The van der Waals surface area contributed by atoms with Gasteiger partial charge < -0.3 is 40.2 Å². The van der Waals surface area contributed by atoms with Crippen molar-refractivity contribution in [1.82, 2.24) is 34.7 Å². The van der Waals surface area contributed by atoms with Crippen LogP contribution in [0.4, 0.5) is 67.9 Å². The molecular formula is C63H63N19O11S5. The first-order chi connectivity index (χ1) is 47.1. The molecule has 11 rings (SSSR count). The Morgan fingerprint density at radius 2 is 1.05 bits per heavy atom. The molecule has 506 valence electrons. The normalized spacial score (nSPS) is 15.4. The molecule has 7 heterocycles. The lowest BCUT2D eigenvalue weighted by atomic mass is 10.1. The van der Waals surface area contributed by atoms with E-state index in [1.807, 2.05) is 67.8 Å². The average molecular weight is 1420 g/mol. The SMILES string of the molecule is [C-]#[N+]/C(=C\c1sc(N=Nc2ccc(N(CC)CC)cc2Nc2nc(Nc3cc(N(CC)CC)ccc3N=Nc3nc(N4CCCCC4)c(/C=C(\C#N)N4C(=O)c5ccc(S(=O)(=O)O)cc5C4=O)s3)nc(SCCO)n2)nc1N1CCCCC1)N1C(=O)c2ccc(S(=O)(=O)O)cc2C1=O. The predicted octanol–water partition coefficient (Wildman–Crippen LogP) is 12.0. The fourth-order valence-corrected chi connectivity index (χ4v) is 14.7. The number of aliphatic hydroxyl groups is 1. The fourth-order valence-electron chi connectivity index (χ4n) is 11.4. The molecule has 4 amide bonds. The van der Waals surface area contributed by atoms with E-state index in [1.165, 1.54) is 23.9 Å². The van der Waals surface area contributed by atoms with Crippen LogP contribution in [0.15, 0.2) is 120 Å². The smallest absolute Gasteiger partial charge is 0.334 e. The number of aliphatic hydroxyl groups excluding tert-OH is 1. The molecule has 35 heteroatoms. The second-order valence-corrected chi connectivity index (χ2v) is 28.1. The number of amides is 4. The zero-order valence-corrected chi connectivity index (χ0v) is 57.2. The lowest BCUT2D eigenvalue weighted by Gasteiger charge is -2.27. The number of thioether (sulfide) groups is 1. The number of aromatic nitrogens is 5. The van der Waals surface area contributed by atoms with Crippen molar-refractivity contribution in [2.75, 3.05) is 95.0 Å². The van der Waals surface area contributed by atoms with Crippen molar-refractivity contribution in [3.63, 3.8) is 0 Å². The van der Waals surface area contributed by atoms with Gasteiger partial charge in [-0.2, -0.15) is 51.9 Å². The van der Waals surface area contributed by atoms with Crippen LogP contribution in [0.3, 0.4) is 0 Å². The van der Waals surface area contributed by atoms with Crippen LogP contribution in [0.2, 0.25) is 0 Å². The van der Waals surface area contributed by atoms with Gasteiger partial charge in [-0.15, -0.1) is 20.5 Å². The number of piperidine rings is 2. The van der Waals surface area contributed by atoms with Gasteiger partial charge in [-0.25, -0.2) is 14.5 Å². The molecule has 4 aliphatic rings. The minimum atomic E-state index is -4.73. The van der Waals surface area contributed by atoms with Crippen LogP contribution in [-0.2, 0) is 20.2 Å². The molecule has 0 atom stereocenters. The number of carbonyl (C=O) groups is 4. The van der Waals surface area contributed by atoms with Crippen molar-refractivity contribution in [3.05, 3.63) is 128 Å². The van der Waals surface area contributed by atoms with Crippen LogP contribution in [0.1, 0.15) is 117 Å². The standard InChI is InChI=1S/C63H63N19O11S5/c1-6-77(7-2)37-16-22-46(73-75-62-68-53(79-24-12-10-13-25-79)50(95-62)32-39(36-64)81-55(84)42-20-18-40(97(88,89)90)33-44(42)57(81)86)48(30-37)66-59-70-60(72-61(71-59)94-29-28-83)67-49-31-38(78(8-3)9-4)17-23-47(49)74-76-63-69-54(80-26-14-11-15-27-80)51(96-63)35-52(65-5)82-56(85)43-21-19-41(98(91,92)93)34-45(43)58(82)87/h16-23,30-35,83H,6-15,24-29H2,1-4H3,(H,88,89,90)(H,91,92,93)(H2,66,67,70,71,72)/b39-32+,52-35+,75-73?,76-74?. The summed E-state index contributed by atoms with van der Waals surface area (Å²) in [6.45, 7) is 21.1. The molecule has 3 aromatic heterocycles. The topological polar surface area (TPSA) is 383 Å². The molecule has 2 saturated heterocycles. The molecule has 0 radical (unpaired) electrons. The first-order valence-corrected chi connectivity index (χ1v) is 36.5. The van der Waals surface area contributed by atoms with Crippen LogP contribution < -0.4 is 30.2 Å². The van der Waals surface area contributed by atoms with Crippen molar-refractivity contribution in [2.45, 2.75) is 81.2 Å². The summed E-state index contributed by atoms with van der Waals surface area (Å²) in [6, 6.07) is 19.0. The summed E-state index contributed by atoms with van der Waals surface area (Å²) >= 11 is 3.29. The van der Waals surface area contributed by atoms with E-state index in [0.717, 1.165) is 109 Å². The molecule has 98 heavy (non-hydrogen) atoms. The molecule has 4 aromatic carbocycles. The van der Waals surface area contributed by atoms with Crippen molar-refractivity contribution >= 4 is 158 Å². The number of fused-ring (bicyclic) bond motifs is 2. The Bertz CT molecular complexity index is 4480. The van der Waals surface area contributed by atoms with Crippen LogP contribution >= 0.6 is 34.4 Å². The van der Waals surface area contributed by atoms with Gasteiger partial charge in [-0.1, -0.05) is 41.0 Å². The van der Waals surface area contributed by atoms with E-state index >= 15 is 0 Å². The monoisotopic (exact) mass is 1420 g/mol. The highest BCUT2D eigenvalue weighted by Crippen LogP contribution is 2.43. The Balaban J connectivity index is 0.928. The summed E-state index contributed by atoms with van der Waals surface area (Å²) in [5.74, 6) is -2.73. The summed E-state index contributed by atoms with van der Waals surface area (Å²) in [5.41, 5.74) is 1.89. The van der Waals surface area contributed by atoms with Gasteiger partial charge in [0.2, 0.25) is 28.0 Å². The molecule has 7 aromatic rings. The van der Waals surface area contributed by atoms with Gasteiger partial charge in [-0.3, -0.25) is 18.7 Å². The van der Waals surface area contributed by atoms with Crippen molar-refractivity contribution in [1.29, 1.82) is 5.26 Å². The van der Waals surface area contributed by atoms with Crippen LogP contribution in [0.25, 0.3) is 17.0 Å². The maximum Gasteiger partial charge on any atom is 0.334 e. The predicted molar refractivity (Wildman–Crippen MR) is 371 cm³/mol. The Morgan fingerprint density at radius 1 is 0.612 bits per heavy atom. The number of azo groups is 2. The highest BCUT2D eigenvalue weighted by atomic mass is 32.2. The molecule has 0 spiro atoms. The first-order valence-electron chi connectivity index (χ1n) is 31.0. The first kappa shape index (κ1) is 69.4. The number of hydrogen-bond donors (Lipinski definition) is 5. The van der Waals surface area contributed by atoms with E-state index in [1.54, 1.807) is 12.1 Å². The maximum absolute atomic E-state index is 13.8. The Kier molecular flexibility index (Phi) is 21.1. The number of hydrogen-bond acceptors (Lipinski definition) is 28.